The Morgan fingerprint density at radius 1 is 1.67 bits per heavy atom. The highest BCUT2D eigenvalue weighted by Crippen LogP contribution is 2.25. The Morgan fingerprint density at radius 3 is 2.73 bits per heavy atom. The number of likely N-dealkylation sites (tertiary alicyclic amines) is 1. The molecule has 1 aliphatic heterocycles. The minimum absolute atomic E-state index is 0.100. The molecule has 1 rings (SSSR count). The molecule has 2 unspecified atom stereocenters. The maximum absolute atomic E-state index is 11.8. The predicted octanol–water partition coefficient (Wildman–Crippen LogP) is 1.04. The molecule has 15 heavy (non-hydrogen) atoms. The molecule has 1 aliphatic rings. The van der Waals surface area contributed by atoms with Crippen molar-refractivity contribution >= 4 is 47.1 Å². The number of rotatable bonds is 3. The van der Waals surface area contributed by atoms with Gasteiger partial charge in [0.25, 0.3) is 0 Å². The first-order chi connectivity index (χ1) is 6.97. The van der Waals surface area contributed by atoms with E-state index in [1.165, 1.54) is 4.90 Å². The van der Waals surface area contributed by atoms with Crippen LogP contribution in [0.15, 0.2) is 0 Å². The number of carboxylic acids is 1. The van der Waals surface area contributed by atoms with Crippen molar-refractivity contribution in [2.24, 2.45) is 5.92 Å². The standard InChI is InChI=1S/C9H14INO3S/c1-5(4-15)8(12)11-3-6(10)2-7(11)9(13)14/h5-7,15H,2-4H2,1H3,(H,13,14)/t5?,6?,7-/m0/s1. The van der Waals surface area contributed by atoms with Gasteiger partial charge >= 0.3 is 5.97 Å². The maximum Gasteiger partial charge on any atom is 0.326 e. The quantitative estimate of drug-likeness (QED) is 0.457. The minimum Gasteiger partial charge on any atom is -0.480 e. The van der Waals surface area contributed by atoms with E-state index in [0.29, 0.717) is 18.7 Å². The Kier molecular flexibility index (Phi) is 4.69. The number of halogens is 1. The third-order valence-electron chi connectivity index (χ3n) is 2.51. The Bertz CT molecular complexity index is 274. The molecule has 1 saturated heterocycles. The van der Waals surface area contributed by atoms with Gasteiger partial charge in [0.15, 0.2) is 0 Å². The Hall–Kier alpha value is 0.0200. The summed E-state index contributed by atoms with van der Waals surface area (Å²) in [5, 5.41) is 8.99. The topological polar surface area (TPSA) is 57.6 Å². The van der Waals surface area contributed by atoms with Crippen molar-refractivity contribution in [3.63, 3.8) is 0 Å². The van der Waals surface area contributed by atoms with E-state index in [4.69, 9.17) is 5.11 Å². The summed E-state index contributed by atoms with van der Waals surface area (Å²) < 4.78 is 0.236. The van der Waals surface area contributed by atoms with Gasteiger partial charge in [0.2, 0.25) is 5.91 Å². The van der Waals surface area contributed by atoms with Crippen molar-refractivity contribution in [1.82, 2.24) is 4.90 Å². The van der Waals surface area contributed by atoms with Crippen molar-refractivity contribution in [2.75, 3.05) is 12.3 Å². The van der Waals surface area contributed by atoms with Crippen LogP contribution in [-0.2, 0) is 9.59 Å². The van der Waals surface area contributed by atoms with Crippen LogP contribution in [0.4, 0.5) is 0 Å². The molecule has 1 amide bonds. The number of nitrogens with zero attached hydrogens (tertiary/aromatic N) is 1. The summed E-state index contributed by atoms with van der Waals surface area (Å²) in [6, 6.07) is -0.651. The fourth-order valence-corrected chi connectivity index (χ4v) is 2.69. The summed E-state index contributed by atoms with van der Waals surface area (Å²) in [5.74, 6) is -0.768. The average molecular weight is 343 g/mol. The van der Waals surface area contributed by atoms with E-state index >= 15 is 0 Å². The molecule has 3 atom stereocenters. The molecule has 0 aliphatic carbocycles. The van der Waals surface area contributed by atoms with Gasteiger partial charge in [-0.25, -0.2) is 4.79 Å². The molecule has 0 aromatic heterocycles. The third-order valence-corrected chi connectivity index (χ3v) is 3.96. The fraction of sp³-hybridized carbons (Fsp3) is 0.778. The van der Waals surface area contributed by atoms with Crippen LogP contribution < -0.4 is 0 Å². The number of aliphatic carboxylic acids is 1. The normalized spacial score (nSPS) is 27.8. The zero-order valence-electron chi connectivity index (χ0n) is 8.39. The number of carbonyl (C=O) groups is 2. The molecule has 0 radical (unpaired) electrons. The summed E-state index contributed by atoms with van der Waals surface area (Å²) >= 11 is 6.24. The molecule has 1 fully saturated rings. The van der Waals surface area contributed by atoms with Crippen molar-refractivity contribution in [3.8, 4) is 0 Å². The first kappa shape index (κ1) is 13.1. The molecule has 6 heteroatoms. The van der Waals surface area contributed by atoms with Crippen LogP contribution in [0.2, 0.25) is 0 Å². The van der Waals surface area contributed by atoms with Crippen LogP contribution in [0, 0.1) is 5.92 Å². The van der Waals surface area contributed by atoms with Crippen LogP contribution in [0.1, 0.15) is 13.3 Å². The van der Waals surface area contributed by atoms with Crippen LogP contribution in [-0.4, -0.2) is 44.1 Å². The number of amides is 1. The van der Waals surface area contributed by atoms with E-state index < -0.39 is 12.0 Å². The molecule has 1 N–H and O–H groups in total. The van der Waals surface area contributed by atoms with E-state index in [1.54, 1.807) is 6.92 Å². The van der Waals surface area contributed by atoms with E-state index in [-0.39, 0.29) is 15.7 Å². The SMILES string of the molecule is CC(CS)C(=O)N1CC(I)C[C@H]1C(=O)O. The molecule has 0 aromatic carbocycles. The van der Waals surface area contributed by atoms with Crippen molar-refractivity contribution in [3.05, 3.63) is 0 Å². The van der Waals surface area contributed by atoms with Gasteiger partial charge in [0.1, 0.15) is 6.04 Å². The van der Waals surface area contributed by atoms with Gasteiger partial charge in [-0.05, 0) is 6.42 Å². The summed E-state index contributed by atoms with van der Waals surface area (Å²) in [5.41, 5.74) is 0. The van der Waals surface area contributed by atoms with E-state index in [2.05, 4.69) is 35.2 Å². The average Bonchev–Trinajstić information content (AvgIpc) is 2.58. The number of thiol groups is 1. The minimum atomic E-state index is -0.908. The van der Waals surface area contributed by atoms with Crippen LogP contribution in [0.3, 0.4) is 0 Å². The van der Waals surface area contributed by atoms with Gasteiger partial charge in [-0.15, -0.1) is 0 Å². The fourth-order valence-electron chi connectivity index (χ4n) is 1.62. The molecular formula is C9H14INO3S. The lowest BCUT2D eigenvalue weighted by Crippen LogP contribution is -2.43. The van der Waals surface area contributed by atoms with Crippen LogP contribution in [0.5, 0.6) is 0 Å². The maximum atomic E-state index is 11.8. The molecule has 0 bridgehead atoms. The first-order valence-corrected chi connectivity index (χ1v) is 6.63. The molecule has 0 spiro atoms. The van der Waals surface area contributed by atoms with Crippen molar-refractivity contribution in [1.29, 1.82) is 0 Å². The highest BCUT2D eigenvalue weighted by molar-refractivity contribution is 14.1. The summed E-state index contributed by atoms with van der Waals surface area (Å²) in [6.07, 6.45) is 0.543. The van der Waals surface area contributed by atoms with Crippen LogP contribution in [0.25, 0.3) is 0 Å². The highest BCUT2D eigenvalue weighted by Gasteiger charge is 2.39. The molecule has 4 nitrogen and oxygen atoms in total. The molecular weight excluding hydrogens is 329 g/mol. The monoisotopic (exact) mass is 343 g/mol. The molecule has 86 valence electrons. The molecule has 1 heterocycles. The van der Waals surface area contributed by atoms with Gasteiger partial charge in [0.05, 0.1) is 0 Å². The number of hydrogen-bond donors (Lipinski definition) is 2. The second-order valence-electron chi connectivity index (χ2n) is 3.76. The Labute approximate surface area is 108 Å². The van der Waals surface area contributed by atoms with Crippen LogP contribution >= 0.6 is 35.2 Å². The molecule has 0 saturated carbocycles. The first-order valence-electron chi connectivity index (χ1n) is 4.75. The predicted molar refractivity (Wildman–Crippen MR) is 68.6 cm³/mol. The largest absolute Gasteiger partial charge is 0.480 e. The van der Waals surface area contributed by atoms with E-state index in [1.807, 2.05) is 0 Å². The highest BCUT2D eigenvalue weighted by atomic mass is 127. The van der Waals surface area contributed by atoms with Gasteiger partial charge in [0, 0.05) is 22.1 Å². The lowest BCUT2D eigenvalue weighted by atomic mass is 10.1. The van der Waals surface area contributed by atoms with Crippen molar-refractivity contribution in [2.45, 2.75) is 23.3 Å². The lowest BCUT2D eigenvalue weighted by Gasteiger charge is -2.24. The Morgan fingerprint density at radius 2 is 2.27 bits per heavy atom. The second kappa shape index (κ2) is 5.38. The Balaban J connectivity index is 2.75. The van der Waals surface area contributed by atoms with Gasteiger partial charge in [-0.1, -0.05) is 29.5 Å². The molecule has 0 aromatic rings. The number of carbonyl (C=O) groups excluding carboxylic acids is 1. The van der Waals surface area contributed by atoms with Gasteiger partial charge in [-0.2, -0.15) is 12.6 Å². The van der Waals surface area contributed by atoms with E-state index in [9.17, 15) is 9.59 Å². The smallest absolute Gasteiger partial charge is 0.326 e. The zero-order valence-corrected chi connectivity index (χ0v) is 11.4. The van der Waals surface area contributed by atoms with Crippen molar-refractivity contribution < 1.29 is 14.7 Å². The number of carboxylic acid groups (broad SMARTS) is 1. The third kappa shape index (κ3) is 2.99. The number of hydrogen-bond acceptors (Lipinski definition) is 3. The van der Waals surface area contributed by atoms with Gasteiger partial charge < -0.3 is 10.0 Å². The lowest BCUT2D eigenvalue weighted by molar-refractivity contribution is -0.149. The summed E-state index contributed by atoms with van der Waals surface area (Å²) in [6.45, 7) is 2.31. The summed E-state index contributed by atoms with van der Waals surface area (Å²) in [4.78, 5) is 24.3. The zero-order chi connectivity index (χ0) is 11.6. The van der Waals surface area contributed by atoms with Gasteiger partial charge in [-0.3, -0.25) is 4.79 Å². The number of alkyl halides is 1. The second-order valence-corrected chi connectivity index (χ2v) is 5.89. The summed E-state index contributed by atoms with van der Waals surface area (Å²) in [7, 11) is 0. The van der Waals surface area contributed by atoms with E-state index in [0.717, 1.165) is 0 Å².